The van der Waals surface area contributed by atoms with E-state index in [0.717, 1.165) is 48.9 Å². The molecule has 126 valence electrons. The average Bonchev–Trinajstić information content (AvgIpc) is 2.84. The summed E-state index contributed by atoms with van der Waals surface area (Å²) in [6.45, 7) is 5.11. The molecule has 0 spiro atoms. The van der Waals surface area contributed by atoms with Crippen molar-refractivity contribution in [2.75, 3.05) is 25.9 Å². The van der Waals surface area contributed by atoms with Crippen molar-refractivity contribution in [3.63, 3.8) is 0 Å². The highest BCUT2D eigenvalue weighted by Gasteiger charge is 2.40. The lowest BCUT2D eigenvalue weighted by Gasteiger charge is -2.37. The van der Waals surface area contributed by atoms with Gasteiger partial charge in [-0.25, -0.2) is 9.97 Å². The smallest absolute Gasteiger partial charge is 0.222 e. The van der Waals surface area contributed by atoms with Gasteiger partial charge in [-0.3, -0.25) is 9.69 Å². The van der Waals surface area contributed by atoms with Gasteiger partial charge in [-0.1, -0.05) is 25.1 Å². The molecule has 2 aliphatic heterocycles. The third kappa shape index (κ3) is 4.04. The van der Waals surface area contributed by atoms with Crippen LogP contribution in [0.4, 0.5) is 0 Å². The first-order chi connectivity index (χ1) is 11.2. The number of hydrogen-bond donors (Lipinski definition) is 0. The molecule has 3 heterocycles. The summed E-state index contributed by atoms with van der Waals surface area (Å²) in [5.74, 6) is 1.95. The Hall–Kier alpha value is -1.14. The van der Waals surface area contributed by atoms with Crippen molar-refractivity contribution < 1.29 is 4.79 Å². The van der Waals surface area contributed by atoms with Crippen LogP contribution >= 0.6 is 11.8 Å². The molecule has 2 aliphatic rings. The first kappa shape index (κ1) is 16.7. The molecule has 1 aromatic heterocycles. The van der Waals surface area contributed by atoms with Gasteiger partial charge < -0.3 is 4.90 Å². The third-order valence-electron chi connectivity index (χ3n) is 4.95. The number of carbonyl (C=O) groups excluding carboxylic acids is 1. The lowest BCUT2D eigenvalue weighted by molar-refractivity contribution is -0.127. The minimum Gasteiger partial charge on any atom is -0.341 e. The van der Waals surface area contributed by atoms with E-state index in [1.54, 1.807) is 11.8 Å². The predicted octanol–water partition coefficient (Wildman–Crippen LogP) is 2.42. The van der Waals surface area contributed by atoms with Gasteiger partial charge in [-0.2, -0.15) is 0 Å². The summed E-state index contributed by atoms with van der Waals surface area (Å²) in [6, 6.07) is 0.390. The van der Waals surface area contributed by atoms with Crippen LogP contribution in [0.1, 0.15) is 38.2 Å². The number of likely N-dealkylation sites (N-methyl/N-ethyl adjacent to an activating group) is 1. The Morgan fingerprint density at radius 3 is 2.87 bits per heavy atom. The van der Waals surface area contributed by atoms with Crippen LogP contribution in [0.2, 0.25) is 0 Å². The van der Waals surface area contributed by atoms with Crippen molar-refractivity contribution in [2.24, 2.45) is 5.92 Å². The molecule has 5 nitrogen and oxygen atoms in total. The van der Waals surface area contributed by atoms with E-state index in [-0.39, 0.29) is 0 Å². The fraction of sp³-hybridized carbons (Fsp3) is 0.706. The molecule has 6 heteroatoms. The second-order valence-electron chi connectivity index (χ2n) is 6.64. The predicted molar refractivity (Wildman–Crippen MR) is 92.2 cm³/mol. The molecule has 2 fully saturated rings. The molecule has 2 atom stereocenters. The zero-order valence-corrected chi connectivity index (χ0v) is 14.9. The van der Waals surface area contributed by atoms with Crippen LogP contribution < -0.4 is 0 Å². The number of aromatic nitrogens is 2. The molecular weight excluding hydrogens is 308 g/mol. The highest BCUT2D eigenvalue weighted by atomic mass is 32.2. The lowest BCUT2D eigenvalue weighted by atomic mass is 9.92. The molecule has 0 bridgehead atoms. The number of piperidine rings is 1. The van der Waals surface area contributed by atoms with Crippen molar-refractivity contribution in [1.82, 2.24) is 19.8 Å². The molecule has 0 saturated carbocycles. The summed E-state index contributed by atoms with van der Waals surface area (Å²) >= 11 is 1.73. The minimum atomic E-state index is 0.304. The summed E-state index contributed by atoms with van der Waals surface area (Å²) in [7, 11) is 1.95. The number of unbranched alkanes of at least 4 members (excludes halogenated alkanes) is 1. The van der Waals surface area contributed by atoms with Gasteiger partial charge in [-0.15, -0.1) is 0 Å². The number of carbonyl (C=O) groups is 1. The highest BCUT2D eigenvalue weighted by molar-refractivity contribution is 7.99. The van der Waals surface area contributed by atoms with Crippen LogP contribution in [0.15, 0.2) is 17.6 Å². The summed E-state index contributed by atoms with van der Waals surface area (Å²) in [5, 5.41) is 0.877. The number of fused-ring (bicyclic) bond motifs is 1. The third-order valence-corrected chi connectivity index (χ3v) is 5.91. The van der Waals surface area contributed by atoms with Gasteiger partial charge in [-0.05, 0) is 25.3 Å². The summed E-state index contributed by atoms with van der Waals surface area (Å²) in [4.78, 5) is 25.2. The Morgan fingerprint density at radius 1 is 1.35 bits per heavy atom. The van der Waals surface area contributed by atoms with Crippen molar-refractivity contribution in [2.45, 2.75) is 50.4 Å². The van der Waals surface area contributed by atoms with E-state index in [4.69, 9.17) is 0 Å². The quantitative estimate of drug-likeness (QED) is 0.454. The van der Waals surface area contributed by atoms with Crippen molar-refractivity contribution in [3.8, 4) is 0 Å². The lowest BCUT2D eigenvalue weighted by Crippen LogP contribution is -2.47. The largest absolute Gasteiger partial charge is 0.341 e. The molecule has 3 rings (SSSR count). The molecule has 0 unspecified atom stereocenters. The summed E-state index contributed by atoms with van der Waals surface area (Å²) < 4.78 is 0. The van der Waals surface area contributed by atoms with Crippen LogP contribution in [0, 0.1) is 5.92 Å². The average molecular weight is 334 g/mol. The molecular formula is C17H26N4OS. The van der Waals surface area contributed by atoms with E-state index in [1.807, 2.05) is 24.3 Å². The Balaban J connectivity index is 1.52. The molecule has 23 heavy (non-hydrogen) atoms. The number of nitrogens with zero attached hydrogens (tertiary/aromatic N) is 4. The fourth-order valence-electron chi connectivity index (χ4n) is 3.48. The van der Waals surface area contributed by atoms with Gasteiger partial charge in [0.25, 0.3) is 0 Å². The molecule has 0 aliphatic carbocycles. The Morgan fingerprint density at radius 2 is 2.13 bits per heavy atom. The van der Waals surface area contributed by atoms with Gasteiger partial charge >= 0.3 is 0 Å². The minimum absolute atomic E-state index is 0.304. The molecule has 0 N–H and O–H groups in total. The van der Waals surface area contributed by atoms with Gasteiger partial charge in [0.2, 0.25) is 5.91 Å². The number of amides is 1. The van der Waals surface area contributed by atoms with Crippen LogP contribution in [0.3, 0.4) is 0 Å². The van der Waals surface area contributed by atoms with E-state index in [1.165, 1.54) is 12.8 Å². The second kappa shape index (κ2) is 7.62. The number of hydrogen-bond acceptors (Lipinski definition) is 5. The SMILES string of the molecule is CCCCSc1ncc(CN2CC[C@@H]3CC(=O)N(C)[C@@H]3C2)cn1. The number of rotatable bonds is 6. The van der Waals surface area contributed by atoms with Crippen LogP contribution in [0.25, 0.3) is 0 Å². The Bertz CT molecular complexity index is 536. The van der Waals surface area contributed by atoms with E-state index < -0.39 is 0 Å². The van der Waals surface area contributed by atoms with Crippen LogP contribution in [-0.2, 0) is 11.3 Å². The van der Waals surface area contributed by atoms with Crippen molar-refractivity contribution in [1.29, 1.82) is 0 Å². The van der Waals surface area contributed by atoms with Gasteiger partial charge in [0.15, 0.2) is 5.16 Å². The Labute approximate surface area is 142 Å². The number of thioether (sulfide) groups is 1. The highest BCUT2D eigenvalue weighted by Crippen LogP contribution is 2.31. The zero-order valence-electron chi connectivity index (χ0n) is 14.1. The molecule has 0 aromatic carbocycles. The summed E-state index contributed by atoms with van der Waals surface area (Å²) in [5.41, 5.74) is 1.16. The van der Waals surface area contributed by atoms with Crippen LogP contribution in [-0.4, -0.2) is 57.6 Å². The standard InChI is InChI=1S/C17H26N4OS/c1-3-4-7-23-17-18-9-13(10-19-17)11-21-6-5-14-8-16(22)20(2)15(14)12-21/h9-10,14-15H,3-8,11-12H2,1-2H3/t14-,15-/m1/s1. The molecule has 2 saturated heterocycles. The van der Waals surface area contributed by atoms with E-state index in [9.17, 15) is 4.79 Å². The maximum absolute atomic E-state index is 11.8. The van der Waals surface area contributed by atoms with Crippen LogP contribution in [0.5, 0.6) is 0 Å². The maximum atomic E-state index is 11.8. The fourth-order valence-corrected chi connectivity index (χ4v) is 4.35. The van der Waals surface area contributed by atoms with E-state index in [0.29, 0.717) is 17.9 Å². The Kier molecular flexibility index (Phi) is 5.54. The van der Waals surface area contributed by atoms with Gasteiger partial charge in [0.1, 0.15) is 0 Å². The second-order valence-corrected chi connectivity index (χ2v) is 7.70. The normalized spacial score (nSPS) is 25.0. The summed E-state index contributed by atoms with van der Waals surface area (Å²) in [6.07, 6.45) is 8.18. The van der Waals surface area contributed by atoms with Gasteiger partial charge in [0.05, 0.1) is 0 Å². The van der Waals surface area contributed by atoms with E-state index in [2.05, 4.69) is 21.8 Å². The van der Waals surface area contributed by atoms with Gasteiger partial charge in [0, 0.05) is 56.3 Å². The van der Waals surface area contributed by atoms with Crippen molar-refractivity contribution >= 4 is 17.7 Å². The molecule has 1 aromatic rings. The zero-order chi connectivity index (χ0) is 16.2. The topological polar surface area (TPSA) is 49.3 Å². The first-order valence-corrected chi connectivity index (χ1v) is 9.57. The molecule has 0 radical (unpaired) electrons. The van der Waals surface area contributed by atoms with Crippen molar-refractivity contribution in [3.05, 3.63) is 18.0 Å². The maximum Gasteiger partial charge on any atom is 0.222 e. The monoisotopic (exact) mass is 334 g/mol. The van der Waals surface area contributed by atoms with E-state index >= 15 is 0 Å². The number of likely N-dealkylation sites (tertiary alicyclic amines) is 2. The first-order valence-electron chi connectivity index (χ1n) is 8.59. The molecule has 1 amide bonds.